The Bertz CT molecular complexity index is 327. The molecule has 0 aromatic rings. The molecule has 17 heavy (non-hydrogen) atoms. The number of aliphatic carboxylic acids is 1. The Labute approximate surface area is 99.9 Å². The molecule has 0 spiro atoms. The molecule has 2 amide bonds. The highest BCUT2D eigenvalue weighted by molar-refractivity contribution is 5.75. The average molecular weight is 242 g/mol. The van der Waals surface area contributed by atoms with Crippen molar-refractivity contribution in [1.29, 1.82) is 0 Å². The van der Waals surface area contributed by atoms with Crippen LogP contribution < -0.4 is 5.32 Å². The molecule has 1 aliphatic heterocycles. The number of hydrogen-bond donors (Lipinski definition) is 3. The van der Waals surface area contributed by atoms with Gasteiger partial charge >= 0.3 is 12.0 Å². The normalized spacial score (nSPS) is 17.3. The third-order valence-electron chi connectivity index (χ3n) is 2.70. The smallest absolute Gasteiger partial charge is 0.332 e. The van der Waals surface area contributed by atoms with Crippen LogP contribution in [0.1, 0.15) is 19.8 Å². The minimum Gasteiger partial charge on any atom is -0.479 e. The lowest BCUT2D eigenvalue weighted by molar-refractivity contribution is -0.146. The molecule has 6 heteroatoms. The Morgan fingerprint density at radius 2 is 2.29 bits per heavy atom. The lowest BCUT2D eigenvalue weighted by Crippen LogP contribution is -2.43. The second-order valence-corrected chi connectivity index (χ2v) is 4.12. The zero-order chi connectivity index (χ0) is 12.8. The Kier molecular flexibility index (Phi) is 4.96. The summed E-state index contributed by atoms with van der Waals surface area (Å²) in [5.41, 5.74) is 1.27. The maximum absolute atomic E-state index is 11.6. The number of carboxylic acid groups (broad SMARTS) is 1. The van der Waals surface area contributed by atoms with Gasteiger partial charge in [0.15, 0.2) is 6.10 Å². The Morgan fingerprint density at radius 3 is 2.82 bits per heavy atom. The number of hydrogen-bond acceptors (Lipinski definition) is 3. The van der Waals surface area contributed by atoms with Crippen molar-refractivity contribution >= 4 is 12.0 Å². The van der Waals surface area contributed by atoms with E-state index in [4.69, 9.17) is 10.2 Å². The second kappa shape index (κ2) is 6.24. The van der Waals surface area contributed by atoms with Crippen LogP contribution >= 0.6 is 0 Å². The minimum absolute atomic E-state index is 0.0176. The van der Waals surface area contributed by atoms with Crippen molar-refractivity contribution in [3.63, 3.8) is 0 Å². The van der Waals surface area contributed by atoms with Gasteiger partial charge in [0.25, 0.3) is 0 Å². The first-order valence-electron chi connectivity index (χ1n) is 5.60. The zero-order valence-corrected chi connectivity index (χ0v) is 9.85. The van der Waals surface area contributed by atoms with Gasteiger partial charge in [-0.2, -0.15) is 0 Å². The van der Waals surface area contributed by atoms with Gasteiger partial charge in [0.1, 0.15) is 0 Å². The van der Waals surface area contributed by atoms with Gasteiger partial charge in [0.2, 0.25) is 0 Å². The van der Waals surface area contributed by atoms with E-state index in [0.29, 0.717) is 13.1 Å². The van der Waals surface area contributed by atoms with E-state index >= 15 is 0 Å². The molecule has 0 radical (unpaired) electrons. The summed E-state index contributed by atoms with van der Waals surface area (Å²) in [7, 11) is 0. The summed E-state index contributed by atoms with van der Waals surface area (Å²) in [5, 5.41) is 20.0. The first-order chi connectivity index (χ1) is 8.00. The monoisotopic (exact) mass is 242 g/mol. The highest BCUT2D eigenvalue weighted by atomic mass is 16.4. The standard InChI is InChI=1S/C11H18N2O4/c1-8-3-6-13(7-4-8)11(17)12-5-2-9(14)10(15)16/h3,9,14H,2,4-7H2,1H3,(H,12,17)(H,15,16)/t9-/m0/s1. The Hall–Kier alpha value is -1.56. The van der Waals surface area contributed by atoms with Crippen molar-refractivity contribution in [1.82, 2.24) is 10.2 Å². The summed E-state index contributed by atoms with van der Waals surface area (Å²) in [6, 6.07) is -0.216. The fourth-order valence-corrected chi connectivity index (χ4v) is 1.51. The highest BCUT2D eigenvalue weighted by Crippen LogP contribution is 2.09. The van der Waals surface area contributed by atoms with Gasteiger partial charge in [-0.05, 0) is 13.3 Å². The van der Waals surface area contributed by atoms with Crippen molar-refractivity contribution in [2.75, 3.05) is 19.6 Å². The molecule has 0 fully saturated rings. The van der Waals surface area contributed by atoms with Crippen LogP contribution in [0.15, 0.2) is 11.6 Å². The molecule has 1 heterocycles. The van der Waals surface area contributed by atoms with Gasteiger partial charge in [0.05, 0.1) is 0 Å². The summed E-state index contributed by atoms with van der Waals surface area (Å²) < 4.78 is 0. The van der Waals surface area contributed by atoms with Crippen LogP contribution in [0, 0.1) is 0 Å². The zero-order valence-electron chi connectivity index (χ0n) is 9.85. The second-order valence-electron chi connectivity index (χ2n) is 4.12. The molecule has 96 valence electrons. The number of carbonyl (C=O) groups excluding carboxylic acids is 1. The first-order valence-corrected chi connectivity index (χ1v) is 5.60. The number of amides is 2. The van der Waals surface area contributed by atoms with Crippen molar-refractivity contribution in [2.45, 2.75) is 25.9 Å². The third kappa shape index (κ3) is 4.44. The van der Waals surface area contributed by atoms with E-state index in [-0.39, 0.29) is 19.0 Å². The first kappa shape index (κ1) is 13.5. The van der Waals surface area contributed by atoms with Gasteiger partial charge in [-0.25, -0.2) is 9.59 Å². The summed E-state index contributed by atoms with van der Waals surface area (Å²) in [6.07, 6.45) is 1.46. The van der Waals surface area contributed by atoms with Gasteiger partial charge < -0.3 is 20.4 Å². The number of rotatable bonds is 4. The van der Waals surface area contributed by atoms with Crippen molar-refractivity contribution in [3.05, 3.63) is 11.6 Å². The van der Waals surface area contributed by atoms with Gasteiger partial charge in [-0.3, -0.25) is 0 Å². The summed E-state index contributed by atoms with van der Waals surface area (Å²) in [6.45, 7) is 3.44. The highest BCUT2D eigenvalue weighted by Gasteiger charge is 2.17. The molecule has 3 N–H and O–H groups in total. The van der Waals surface area contributed by atoms with Crippen molar-refractivity contribution < 1.29 is 19.8 Å². The van der Waals surface area contributed by atoms with E-state index in [1.165, 1.54) is 5.57 Å². The maximum atomic E-state index is 11.6. The molecule has 0 aromatic carbocycles. The van der Waals surface area contributed by atoms with Crippen LogP contribution in [-0.4, -0.2) is 52.9 Å². The minimum atomic E-state index is -1.42. The van der Waals surface area contributed by atoms with Crippen molar-refractivity contribution in [3.8, 4) is 0 Å². The van der Waals surface area contributed by atoms with Crippen LogP contribution in [0.2, 0.25) is 0 Å². The van der Waals surface area contributed by atoms with Crippen LogP contribution in [0.4, 0.5) is 4.79 Å². The fraction of sp³-hybridized carbons (Fsp3) is 0.636. The molecule has 0 aromatic heterocycles. The number of aliphatic hydroxyl groups excluding tert-OH is 1. The number of carboxylic acids is 1. The number of urea groups is 1. The lowest BCUT2D eigenvalue weighted by Gasteiger charge is -2.25. The fourth-order valence-electron chi connectivity index (χ4n) is 1.51. The molecule has 0 aliphatic carbocycles. The molecule has 1 atom stereocenters. The van der Waals surface area contributed by atoms with Crippen LogP contribution in [-0.2, 0) is 4.79 Å². The predicted molar refractivity (Wildman–Crippen MR) is 61.6 cm³/mol. The molecule has 0 bridgehead atoms. The lowest BCUT2D eigenvalue weighted by atomic mass is 10.1. The SMILES string of the molecule is CC1=CCN(C(=O)NCC[C@H](O)C(=O)O)CC1. The molecule has 6 nitrogen and oxygen atoms in total. The van der Waals surface area contributed by atoms with Gasteiger partial charge in [-0.1, -0.05) is 11.6 Å². The van der Waals surface area contributed by atoms with Crippen LogP contribution in [0.5, 0.6) is 0 Å². The largest absolute Gasteiger partial charge is 0.479 e. The van der Waals surface area contributed by atoms with Crippen LogP contribution in [0.3, 0.4) is 0 Å². The van der Waals surface area contributed by atoms with E-state index in [1.807, 2.05) is 13.0 Å². The van der Waals surface area contributed by atoms with E-state index in [1.54, 1.807) is 4.90 Å². The molecule has 0 unspecified atom stereocenters. The van der Waals surface area contributed by atoms with Crippen molar-refractivity contribution in [2.24, 2.45) is 0 Å². The number of nitrogens with zero attached hydrogens (tertiary/aromatic N) is 1. The predicted octanol–water partition coefficient (Wildman–Crippen LogP) is 0.184. The topological polar surface area (TPSA) is 89.9 Å². The number of aliphatic hydroxyl groups is 1. The van der Waals surface area contributed by atoms with Gasteiger partial charge in [-0.15, -0.1) is 0 Å². The molecule has 0 saturated heterocycles. The molecule has 1 rings (SSSR count). The van der Waals surface area contributed by atoms with Gasteiger partial charge in [0, 0.05) is 26.1 Å². The molecule has 1 aliphatic rings. The number of carbonyl (C=O) groups is 2. The molecular formula is C11H18N2O4. The maximum Gasteiger partial charge on any atom is 0.332 e. The molecule has 0 saturated carbocycles. The van der Waals surface area contributed by atoms with E-state index < -0.39 is 12.1 Å². The van der Waals surface area contributed by atoms with E-state index in [9.17, 15) is 9.59 Å². The molecular weight excluding hydrogens is 224 g/mol. The summed E-state index contributed by atoms with van der Waals surface area (Å²) in [5.74, 6) is -1.27. The quantitative estimate of drug-likeness (QED) is 0.614. The number of nitrogens with one attached hydrogen (secondary N) is 1. The van der Waals surface area contributed by atoms with E-state index in [2.05, 4.69) is 5.32 Å². The summed E-state index contributed by atoms with van der Waals surface area (Å²) in [4.78, 5) is 23.6. The third-order valence-corrected chi connectivity index (χ3v) is 2.70. The Balaban J connectivity index is 2.24. The summed E-state index contributed by atoms with van der Waals surface area (Å²) >= 11 is 0. The van der Waals surface area contributed by atoms with E-state index in [0.717, 1.165) is 6.42 Å². The Morgan fingerprint density at radius 1 is 1.59 bits per heavy atom. The average Bonchev–Trinajstić information content (AvgIpc) is 2.29. The van der Waals surface area contributed by atoms with Crippen LogP contribution in [0.25, 0.3) is 0 Å².